The molecule has 1 aromatic carbocycles. The lowest BCUT2D eigenvalue weighted by atomic mass is 9.95. The number of rotatable bonds is 3. The summed E-state index contributed by atoms with van der Waals surface area (Å²) in [7, 11) is 0. The second-order valence-electron chi connectivity index (χ2n) is 4.43. The Hall–Kier alpha value is -0.410. The van der Waals surface area contributed by atoms with E-state index in [0.717, 1.165) is 12.1 Å². The van der Waals surface area contributed by atoms with Crippen molar-refractivity contribution in [3.8, 4) is 0 Å². The highest BCUT2D eigenvalue weighted by Gasteiger charge is 2.13. The Kier molecular flexibility index (Phi) is 4.36. The fraction of sp³-hybridized carbons (Fsp3) is 0.538. The van der Waals surface area contributed by atoms with Crippen LogP contribution in [0.2, 0.25) is 0 Å². The fourth-order valence-electron chi connectivity index (χ4n) is 2.25. The van der Waals surface area contributed by atoms with Gasteiger partial charge >= 0.3 is 0 Å². The van der Waals surface area contributed by atoms with Gasteiger partial charge in [-0.05, 0) is 40.4 Å². The molecule has 16 heavy (non-hydrogen) atoms. The van der Waals surface area contributed by atoms with Crippen molar-refractivity contribution in [2.75, 3.05) is 0 Å². The Bertz CT molecular complexity index is 348. The van der Waals surface area contributed by atoms with E-state index in [2.05, 4.69) is 21.2 Å². The summed E-state index contributed by atoms with van der Waals surface area (Å²) in [4.78, 5) is 0. The minimum atomic E-state index is -0.178. The lowest BCUT2D eigenvalue weighted by Crippen LogP contribution is -2.30. The Morgan fingerprint density at radius 1 is 1.25 bits per heavy atom. The first-order valence-corrected chi connectivity index (χ1v) is 6.73. The van der Waals surface area contributed by atoms with Gasteiger partial charge in [0.05, 0.1) is 4.47 Å². The molecular weight excluding hydrogens is 269 g/mol. The average Bonchev–Trinajstić information content (AvgIpc) is 2.32. The van der Waals surface area contributed by atoms with E-state index in [0.29, 0.717) is 10.5 Å². The summed E-state index contributed by atoms with van der Waals surface area (Å²) in [5.74, 6) is -0.178. The van der Waals surface area contributed by atoms with E-state index in [4.69, 9.17) is 0 Å². The van der Waals surface area contributed by atoms with Gasteiger partial charge in [-0.15, -0.1) is 0 Å². The number of benzene rings is 1. The highest BCUT2D eigenvalue weighted by Crippen LogP contribution is 2.22. The molecule has 0 radical (unpaired) electrons. The van der Waals surface area contributed by atoms with E-state index in [9.17, 15) is 4.39 Å². The molecule has 1 aromatic rings. The van der Waals surface area contributed by atoms with E-state index in [1.54, 1.807) is 6.07 Å². The topological polar surface area (TPSA) is 12.0 Å². The second kappa shape index (κ2) is 5.78. The van der Waals surface area contributed by atoms with E-state index < -0.39 is 0 Å². The van der Waals surface area contributed by atoms with Crippen LogP contribution in [0.3, 0.4) is 0 Å². The van der Waals surface area contributed by atoms with Crippen LogP contribution in [0.4, 0.5) is 4.39 Å². The molecule has 2 rings (SSSR count). The van der Waals surface area contributed by atoms with Gasteiger partial charge in [0, 0.05) is 12.6 Å². The van der Waals surface area contributed by atoms with Crippen molar-refractivity contribution in [2.24, 2.45) is 0 Å². The van der Waals surface area contributed by atoms with Crippen LogP contribution in [0, 0.1) is 5.82 Å². The molecule has 1 aliphatic rings. The largest absolute Gasteiger partial charge is 0.310 e. The molecule has 0 saturated heterocycles. The molecular formula is C13H17BrFN. The predicted molar refractivity (Wildman–Crippen MR) is 67.8 cm³/mol. The van der Waals surface area contributed by atoms with Crippen molar-refractivity contribution in [3.05, 3.63) is 34.1 Å². The maximum absolute atomic E-state index is 13.3. The van der Waals surface area contributed by atoms with Gasteiger partial charge in [0.2, 0.25) is 0 Å². The van der Waals surface area contributed by atoms with Gasteiger partial charge in [0.15, 0.2) is 0 Å². The zero-order valence-corrected chi connectivity index (χ0v) is 10.9. The van der Waals surface area contributed by atoms with Crippen molar-refractivity contribution >= 4 is 15.9 Å². The van der Waals surface area contributed by atoms with Crippen LogP contribution in [0.5, 0.6) is 0 Å². The van der Waals surface area contributed by atoms with E-state index >= 15 is 0 Å². The third kappa shape index (κ3) is 3.05. The van der Waals surface area contributed by atoms with E-state index in [-0.39, 0.29) is 5.82 Å². The Morgan fingerprint density at radius 3 is 2.75 bits per heavy atom. The van der Waals surface area contributed by atoms with E-state index in [1.165, 1.54) is 38.2 Å². The monoisotopic (exact) mass is 285 g/mol. The maximum atomic E-state index is 13.3. The maximum Gasteiger partial charge on any atom is 0.137 e. The molecule has 0 spiro atoms. The van der Waals surface area contributed by atoms with Crippen molar-refractivity contribution < 1.29 is 4.39 Å². The van der Waals surface area contributed by atoms with Crippen LogP contribution in [0.15, 0.2) is 22.7 Å². The summed E-state index contributed by atoms with van der Waals surface area (Å²) in [5.41, 5.74) is 1.01. The van der Waals surface area contributed by atoms with E-state index in [1.807, 2.05) is 6.07 Å². The zero-order valence-electron chi connectivity index (χ0n) is 9.31. The first kappa shape index (κ1) is 12.1. The molecule has 0 heterocycles. The second-order valence-corrected chi connectivity index (χ2v) is 5.22. The van der Waals surface area contributed by atoms with Gasteiger partial charge in [-0.3, -0.25) is 0 Å². The van der Waals surface area contributed by atoms with Gasteiger partial charge in [-0.1, -0.05) is 31.4 Å². The molecule has 0 unspecified atom stereocenters. The lowest BCUT2D eigenvalue weighted by Gasteiger charge is -2.23. The van der Waals surface area contributed by atoms with Crippen molar-refractivity contribution in [1.29, 1.82) is 0 Å². The summed E-state index contributed by atoms with van der Waals surface area (Å²) >= 11 is 3.29. The number of hydrogen-bond acceptors (Lipinski definition) is 1. The molecule has 1 nitrogen and oxygen atoms in total. The van der Waals surface area contributed by atoms with Crippen molar-refractivity contribution in [1.82, 2.24) is 5.32 Å². The first-order chi connectivity index (χ1) is 7.77. The third-order valence-electron chi connectivity index (χ3n) is 3.22. The van der Waals surface area contributed by atoms with Gasteiger partial charge < -0.3 is 5.32 Å². The minimum Gasteiger partial charge on any atom is -0.310 e. The predicted octanol–water partition coefficient (Wildman–Crippen LogP) is 4.01. The number of halogens is 2. The van der Waals surface area contributed by atoms with Crippen molar-refractivity contribution in [2.45, 2.75) is 44.7 Å². The zero-order chi connectivity index (χ0) is 11.4. The van der Waals surface area contributed by atoms with Crippen molar-refractivity contribution in [3.63, 3.8) is 0 Å². The number of nitrogens with one attached hydrogen (secondary N) is 1. The fourth-order valence-corrected chi connectivity index (χ4v) is 2.65. The van der Waals surface area contributed by atoms with Gasteiger partial charge in [-0.2, -0.15) is 0 Å². The normalized spacial score (nSPS) is 17.6. The Morgan fingerprint density at radius 2 is 2.00 bits per heavy atom. The van der Waals surface area contributed by atoms with Gasteiger partial charge in [0.1, 0.15) is 5.82 Å². The molecule has 1 aliphatic carbocycles. The standard InChI is InChI=1S/C13H17BrFN/c14-13-10(5-4-8-12(13)15)9-16-11-6-2-1-3-7-11/h4-5,8,11,16H,1-3,6-7,9H2. The SMILES string of the molecule is Fc1cccc(CNC2CCCCC2)c1Br. The summed E-state index contributed by atoms with van der Waals surface area (Å²) in [6.07, 6.45) is 6.52. The highest BCUT2D eigenvalue weighted by molar-refractivity contribution is 9.10. The van der Waals surface area contributed by atoms with Crippen LogP contribution < -0.4 is 5.32 Å². The lowest BCUT2D eigenvalue weighted by molar-refractivity contribution is 0.372. The summed E-state index contributed by atoms with van der Waals surface area (Å²) in [5, 5.41) is 3.51. The van der Waals surface area contributed by atoms with Crippen LogP contribution in [-0.4, -0.2) is 6.04 Å². The summed E-state index contributed by atoms with van der Waals surface area (Å²) in [6.45, 7) is 0.753. The average molecular weight is 286 g/mol. The van der Waals surface area contributed by atoms with Crippen LogP contribution >= 0.6 is 15.9 Å². The van der Waals surface area contributed by atoms with Gasteiger partial charge in [-0.25, -0.2) is 4.39 Å². The third-order valence-corrected chi connectivity index (χ3v) is 4.11. The Labute approximate surface area is 105 Å². The molecule has 1 fully saturated rings. The molecule has 1 saturated carbocycles. The summed E-state index contributed by atoms with van der Waals surface area (Å²) in [6, 6.07) is 5.82. The molecule has 0 atom stereocenters. The van der Waals surface area contributed by atoms with Gasteiger partial charge in [0.25, 0.3) is 0 Å². The molecule has 1 N–H and O–H groups in total. The molecule has 88 valence electrons. The van der Waals surface area contributed by atoms with Crippen LogP contribution in [0.25, 0.3) is 0 Å². The Balaban J connectivity index is 1.91. The molecule has 0 amide bonds. The molecule has 3 heteroatoms. The number of hydrogen-bond donors (Lipinski definition) is 1. The minimum absolute atomic E-state index is 0.178. The summed E-state index contributed by atoms with van der Waals surface area (Å²) < 4.78 is 13.9. The first-order valence-electron chi connectivity index (χ1n) is 5.93. The molecule has 0 bridgehead atoms. The quantitative estimate of drug-likeness (QED) is 0.885. The molecule has 0 aliphatic heterocycles. The highest BCUT2D eigenvalue weighted by atomic mass is 79.9. The molecule has 0 aromatic heterocycles. The smallest absolute Gasteiger partial charge is 0.137 e. The van der Waals surface area contributed by atoms with Crippen LogP contribution in [-0.2, 0) is 6.54 Å². The van der Waals surface area contributed by atoms with Crippen LogP contribution in [0.1, 0.15) is 37.7 Å².